The molecule has 0 aliphatic carbocycles. The number of ketones is 1. The van der Waals surface area contributed by atoms with Crippen LogP contribution < -0.4 is 4.74 Å². The monoisotopic (exact) mass is 228 g/mol. The molecule has 0 N–H and O–H groups in total. The Labute approximate surface area is 93.2 Å². The van der Waals surface area contributed by atoms with E-state index in [0.717, 1.165) is 6.92 Å². The lowest BCUT2D eigenvalue weighted by molar-refractivity contribution is -0.116. The third-order valence-corrected chi connectivity index (χ3v) is 2.21. The van der Waals surface area contributed by atoms with Crippen LogP contribution in [0.1, 0.15) is 25.0 Å². The Morgan fingerprint density at radius 1 is 1.44 bits per heavy atom. The van der Waals surface area contributed by atoms with Crippen molar-refractivity contribution in [2.45, 2.75) is 26.2 Å². The summed E-state index contributed by atoms with van der Waals surface area (Å²) in [4.78, 5) is 11.0. The number of benzene rings is 1. The first-order valence-electron chi connectivity index (χ1n) is 4.90. The van der Waals surface area contributed by atoms with E-state index < -0.39 is 5.92 Å². The number of hydrogen-bond acceptors (Lipinski definition) is 2. The molecule has 1 rings (SSSR count). The zero-order chi connectivity index (χ0) is 12.3. The minimum atomic E-state index is -2.97. The molecule has 0 saturated heterocycles. The second-order valence-electron chi connectivity index (χ2n) is 3.77. The van der Waals surface area contributed by atoms with E-state index in [2.05, 4.69) is 0 Å². The number of halogens is 2. The van der Waals surface area contributed by atoms with Gasteiger partial charge in [0.2, 0.25) is 0 Å². The minimum Gasteiger partial charge on any atom is -0.496 e. The van der Waals surface area contributed by atoms with Crippen molar-refractivity contribution in [3.8, 4) is 5.75 Å². The smallest absolute Gasteiger partial charge is 0.274 e. The van der Waals surface area contributed by atoms with Crippen molar-refractivity contribution in [1.29, 1.82) is 0 Å². The van der Waals surface area contributed by atoms with Gasteiger partial charge in [-0.3, -0.25) is 4.79 Å². The number of methoxy groups -OCH3 is 1. The van der Waals surface area contributed by atoms with E-state index in [1.165, 1.54) is 26.2 Å². The standard InChI is InChI=1S/C12H14F2O2/c1-8(15)7-9-5-4-6-10(11(9)16-3)12(2,13)14/h4-6H,7H2,1-3H3. The second-order valence-corrected chi connectivity index (χ2v) is 3.77. The zero-order valence-electron chi connectivity index (χ0n) is 9.51. The molecule has 16 heavy (non-hydrogen) atoms. The molecule has 0 radical (unpaired) electrons. The summed E-state index contributed by atoms with van der Waals surface area (Å²) in [6.07, 6.45) is 0.104. The van der Waals surface area contributed by atoms with Gasteiger partial charge in [0, 0.05) is 18.9 Å². The molecule has 88 valence electrons. The Hall–Kier alpha value is -1.45. The van der Waals surface area contributed by atoms with Crippen molar-refractivity contribution < 1.29 is 18.3 Å². The van der Waals surface area contributed by atoms with Gasteiger partial charge in [0.1, 0.15) is 11.5 Å². The van der Waals surface area contributed by atoms with Crippen molar-refractivity contribution >= 4 is 5.78 Å². The first-order valence-corrected chi connectivity index (χ1v) is 4.90. The minimum absolute atomic E-state index is 0.0881. The van der Waals surface area contributed by atoms with Crippen LogP contribution in [-0.2, 0) is 17.1 Å². The molecule has 1 aromatic rings. The summed E-state index contributed by atoms with van der Waals surface area (Å²) < 4.78 is 31.5. The number of para-hydroxylation sites is 1. The number of hydrogen-bond donors (Lipinski definition) is 0. The largest absolute Gasteiger partial charge is 0.496 e. The molecule has 0 aliphatic rings. The van der Waals surface area contributed by atoms with Crippen molar-refractivity contribution in [2.24, 2.45) is 0 Å². The van der Waals surface area contributed by atoms with Gasteiger partial charge < -0.3 is 4.74 Å². The molecule has 0 aromatic heterocycles. The van der Waals surface area contributed by atoms with E-state index in [9.17, 15) is 13.6 Å². The number of Topliss-reactive ketones (excluding diaryl/α,β-unsaturated/α-hetero) is 1. The molecule has 0 amide bonds. The first kappa shape index (κ1) is 12.6. The van der Waals surface area contributed by atoms with Crippen LogP contribution in [-0.4, -0.2) is 12.9 Å². The fraction of sp³-hybridized carbons (Fsp3) is 0.417. The van der Waals surface area contributed by atoms with Crippen LogP contribution in [0.5, 0.6) is 5.75 Å². The maximum atomic E-state index is 13.3. The predicted molar refractivity (Wildman–Crippen MR) is 56.9 cm³/mol. The Bertz CT molecular complexity index is 394. The maximum Gasteiger partial charge on any atom is 0.274 e. The summed E-state index contributed by atoms with van der Waals surface area (Å²) in [6, 6.07) is 4.44. The molecular weight excluding hydrogens is 214 g/mol. The maximum absolute atomic E-state index is 13.3. The average molecular weight is 228 g/mol. The van der Waals surface area contributed by atoms with Gasteiger partial charge in [-0.2, -0.15) is 0 Å². The highest BCUT2D eigenvalue weighted by molar-refractivity contribution is 5.79. The molecule has 0 heterocycles. The lowest BCUT2D eigenvalue weighted by atomic mass is 10.0. The predicted octanol–water partition coefficient (Wildman–Crippen LogP) is 2.94. The molecule has 0 atom stereocenters. The third kappa shape index (κ3) is 2.78. The van der Waals surface area contributed by atoms with E-state index in [0.29, 0.717) is 5.56 Å². The van der Waals surface area contributed by atoms with Crippen molar-refractivity contribution in [1.82, 2.24) is 0 Å². The molecular formula is C12H14F2O2. The van der Waals surface area contributed by atoms with Gasteiger partial charge in [0.25, 0.3) is 5.92 Å². The molecule has 0 bridgehead atoms. The van der Waals surface area contributed by atoms with E-state index >= 15 is 0 Å². The number of rotatable bonds is 4. The molecule has 4 heteroatoms. The highest BCUT2D eigenvalue weighted by Gasteiger charge is 2.29. The van der Waals surface area contributed by atoms with Gasteiger partial charge in [-0.25, -0.2) is 8.78 Å². The van der Waals surface area contributed by atoms with Crippen molar-refractivity contribution in [3.05, 3.63) is 29.3 Å². The highest BCUT2D eigenvalue weighted by atomic mass is 19.3. The fourth-order valence-corrected chi connectivity index (χ4v) is 1.58. The lowest BCUT2D eigenvalue weighted by Crippen LogP contribution is -2.11. The number of carbonyl (C=O) groups is 1. The van der Waals surface area contributed by atoms with Crippen LogP contribution in [0.4, 0.5) is 8.78 Å². The van der Waals surface area contributed by atoms with E-state index in [4.69, 9.17) is 4.74 Å². The SMILES string of the molecule is COc1c(CC(C)=O)cccc1C(C)(F)F. The van der Waals surface area contributed by atoms with Crippen LogP contribution in [0.25, 0.3) is 0 Å². The van der Waals surface area contributed by atoms with E-state index in [1.807, 2.05) is 0 Å². The topological polar surface area (TPSA) is 26.3 Å². The summed E-state index contributed by atoms with van der Waals surface area (Å²) in [6.45, 7) is 2.22. The van der Waals surface area contributed by atoms with Gasteiger partial charge in [-0.15, -0.1) is 0 Å². The summed E-state index contributed by atoms with van der Waals surface area (Å²) in [5, 5.41) is 0. The van der Waals surface area contributed by atoms with Gasteiger partial charge >= 0.3 is 0 Å². The lowest BCUT2D eigenvalue weighted by Gasteiger charge is -2.17. The van der Waals surface area contributed by atoms with Crippen molar-refractivity contribution in [2.75, 3.05) is 7.11 Å². The Kier molecular flexibility index (Phi) is 3.62. The van der Waals surface area contributed by atoms with E-state index in [-0.39, 0.29) is 23.5 Å². The fourth-order valence-electron chi connectivity index (χ4n) is 1.58. The van der Waals surface area contributed by atoms with Crippen LogP contribution in [0.2, 0.25) is 0 Å². The Balaban J connectivity index is 3.26. The second kappa shape index (κ2) is 4.60. The van der Waals surface area contributed by atoms with E-state index in [1.54, 1.807) is 6.07 Å². The molecule has 0 unspecified atom stereocenters. The molecule has 2 nitrogen and oxygen atoms in total. The zero-order valence-corrected chi connectivity index (χ0v) is 9.51. The Morgan fingerprint density at radius 3 is 2.50 bits per heavy atom. The quantitative estimate of drug-likeness (QED) is 0.792. The summed E-state index contributed by atoms with van der Waals surface area (Å²) in [7, 11) is 1.33. The van der Waals surface area contributed by atoms with Gasteiger partial charge in [-0.1, -0.05) is 12.1 Å². The van der Waals surface area contributed by atoms with Gasteiger partial charge in [-0.05, 0) is 13.0 Å². The first-order chi connectivity index (χ1) is 7.36. The molecule has 0 spiro atoms. The molecule has 1 aromatic carbocycles. The van der Waals surface area contributed by atoms with Crippen LogP contribution in [0, 0.1) is 0 Å². The molecule has 0 fully saturated rings. The average Bonchev–Trinajstić information content (AvgIpc) is 2.15. The summed E-state index contributed by atoms with van der Waals surface area (Å²) in [5.74, 6) is -2.96. The van der Waals surface area contributed by atoms with Crippen LogP contribution in [0.3, 0.4) is 0 Å². The molecule has 0 saturated carbocycles. The Morgan fingerprint density at radius 2 is 2.06 bits per heavy atom. The van der Waals surface area contributed by atoms with Crippen LogP contribution >= 0.6 is 0 Å². The third-order valence-electron chi connectivity index (χ3n) is 2.21. The van der Waals surface area contributed by atoms with Gasteiger partial charge in [0.05, 0.1) is 12.7 Å². The number of carbonyl (C=O) groups excluding carboxylic acids is 1. The highest BCUT2D eigenvalue weighted by Crippen LogP contribution is 2.36. The normalized spacial score (nSPS) is 11.3. The number of ether oxygens (including phenoxy) is 1. The number of alkyl halides is 2. The molecule has 0 aliphatic heterocycles. The van der Waals surface area contributed by atoms with Gasteiger partial charge in [0.15, 0.2) is 0 Å². The van der Waals surface area contributed by atoms with Crippen LogP contribution in [0.15, 0.2) is 18.2 Å². The summed E-state index contributed by atoms with van der Waals surface area (Å²) >= 11 is 0. The summed E-state index contributed by atoms with van der Waals surface area (Å²) in [5.41, 5.74) is 0.308. The van der Waals surface area contributed by atoms with Crippen molar-refractivity contribution in [3.63, 3.8) is 0 Å².